The highest BCUT2D eigenvalue weighted by atomic mass is 16.7. The zero-order valence-electron chi connectivity index (χ0n) is 25.7. The van der Waals surface area contributed by atoms with Crippen molar-refractivity contribution >= 4 is 5.91 Å². The molecule has 2 aliphatic heterocycles. The van der Waals surface area contributed by atoms with Crippen LogP contribution in [0.25, 0.3) is 0 Å². The summed E-state index contributed by atoms with van der Waals surface area (Å²) in [5.41, 5.74) is 0. The van der Waals surface area contributed by atoms with Crippen LogP contribution < -0.4 is 5.32 Å². The van der Waals surface area contributed by atoms with Crippen LogP contribution in [0.5, 0.6) is 0 Å². The van der Waals surface area contributed by atoms with Gasteiger partial charge < -0.3 is 60.0 Å². The van der Waals surface area contributed by atoms with Crippen LogP contribution in [-0.4, -0.2) is 129 Å². The zero-order valence-corrected chi connectivity index (χ0v) is 25.7. The van der Waals surface area contributed by atoms with Gasteiger partial charge in [-0.1, -0.05) is 84.0 Å². The standard InChI is InChI=1S/C30H57NO12/c1-2-3-4-5-6-7-8-9-10-11-12-13-14-15-22(34)31-16-17-40-29-27(39)25(37)28(21(19-33)42-29)43-30-26(38)24(36)23(35)20(18-32)41-30/h20-21,23-30,32-33,35-39H,2-19H2,1H3,(H,31,34)/t20-,21-,23+,24+,25-,26-,27-,28-,29-,30+/m1/s1. The van der Waals surface area contributed by atoms with E-state index in [0.29, 0.717) is 6.42 Å². The molecule has 0 aliphatic carbocycles. The second-order valence-electron chi connectivity index (χ2n) is 11.7. The van der Waals surface area contributed by atoms with Gasteiger partial charge in [-0.2, -0.15) is 0 Å². The van der Waals surface area contributed by atoms with E-state index in [4.69, 9.17) is 18.9 Å². The third-order valence-electron chi connectivity index (χ3n) is 8.17. The summed E-state index contributed by atoms with van der Waals surface area (Å²) in [4.78, 5) is 12.1. The largest absolute Gasteiger partial charge is 0.394 e. The highest BCUT2D eigenvalue weighted by Crippen LogP contribution is 2.29. The molecule has 2 aliphatic rings. The Morgan fingerprint density at radius 3 is 1.72 bits per heavy atom. The lowest BCUT2D eigenvalue weighted by atomic mass is 9.97. The SMILES string of the molecule is CCCCCCCCCCCCCCCC(=O)NCCO[C@@H]1O[C@H](CO)[C@@H](O[C@@H]2O[C@H](CO)[C@H](O)[C@H](O)[C@H]2O)[C@H](O)[C@H]1O. The quantitative estimate of drug-likeness (QED) is 0.0763. The molecule has 1 amide bonds. The fraction of sp³-hybridized carbons (Fsp3) is 0.967. The summed E-state index contributed by atoms with van der Waals surface area (Å²) in [6.07, 6.45) is 1.39. The number of hydrogen-bond acceptors (Lipinski definition) is 12. The number of carbonyl (C=O) groups excluding carboxylic acids is 1. The molecule has 2 saturated heterocycles. The third-order valence-corrected chi connectivity index (χ3v) is 8.17. The second kappa shape index (κ2) is 21.7. The minimum atomic E-state index is -1.74. The van der Waals surface area contributed by atoms with Gasteiger partial charge in [0, 0.05) is 13.0 Å². The van der Waals surface area contributed by atoms with Crippen LogP contribution in [0.3, 0.4) is 0 Å². The number of rotatable bonds is 22. The van der Waals surface area contributed by atoms with E-state index >= 15 is 0 Å². The lowest BCUT2D eigenvalue weighted by Gasteiger charge is -2.45. The van der Waals surface area contributed by atoms with Gasteiger partial charge in [0.25, 0.3) is 0 Å². The molecule has 0 aromatic heterocycles. The molecule has 43 heavy (non-hydrogen) atoms. The lowest BCUT2D eigenvalue weighted by molar-refractivity contribution is -0.359. The van der Waals surface area contributed by atoms with Gasteiger partial charge in [0.2, 0.25) is 5.91 Å². The summed E-state index contributed by atoms with van der Waals surface area (Å²) in [6.45, 7) is 1.05. The molecule has 254 valence electrons. The summed E-state index contributed by atoms with van der Waals surface area (Å²) < 4.78 is 21.9. The Morgan fingerprint density at radius 2 is 1.16 bits per heavy atom. The third kappa shape index (κ3) is 13.1. The Bertz CT molecular complexity index is 729. The predicted molar refractivity (Wildman–Crippen MR) is 156 cm³/mol. The van der Waals surface area contributed by atoms with Crippen molar-refractivity contribution in [2.75, 3.05) is 26.4 Å². The van der Waals surface area contributed by atoms with Crippen molar-refractivity contribution in [1.82, 2.24) is 5.32 Å². The van der Waals surface area contributed by atoms with Crippen LogP contribution in [0.1, 0.15) is 96.8 Å². The summed E-state index contributed by atoms with van der Waals surface area (Å²) in [5.74, 6) is -0.0990. The first kappa shape index (κ1) is 38.2. The van der Waals surface area contributed by atoms with Crippen LogP contribution in [0.4, 0.5) is 0 Å². The molecule has 13 nitrogen and oxygen atoms in total. The van der Waals surface area contributed by atoms with Gasteiger partial charge in [0.05, 0.1) is 19.8 Å². The molecule has 0 spiro atoms. The van der Waals surface area contributed by atoms with Crippen molar-refractivity contribution in [3.63, 3.8) is 0 Å². The molecular formula is C30H57NO12. The van der Waals surface area contributed by atoms with E-state index < -0.39 is 74.6 Å². The molecule has 10 atom stereocenters. The topological polar surface area (TPSA) is 208 Å². The Labute approximate surface area is 255 Å². The molecule has 0 aromatic carbocycles. The van der Waals surface area contributed by atoms with Crippen LogP contribution in [-0.2, 0) is 23.7 Å². The van der Waals surface area contributed by atoms with Crippen LogP contribution in [0, 0.1) is 0 Å². The lowest BCUT2D eigenvalue weighted by Crippen LogP contribution is -2.64. The summed E-state index contributed by atoms with van der Waals surface area (Å²) in [7, 11) is 0. The van der Waals surface area contributed by atoms with E-state index in [1.807, 2.05) is 0 Å². The van der Waals surface area contributed by atoms with Crippen molar-refractivity contribution in [2.24, 2.45) is 0 Å². The van der Waals surface area contributed by atoms with Crippen molar-refractivity contribution < 1.29 is 59.5 Å². The van der Waals surface area contributed by atoms with Gasteiger partial charge in [-0.05, 0) is 6.42 Å². The molecule has 13 heteroatoms. The maximum Gasteiger partial charge on any atom is 0.220 e. The number of ether oxygens (including phenoxy) is 4. The van der Waals surface area contributed by atoms with Gasteiger partial charge in [-0.15, -0.1) is 0 Å². The number of nitrogens with one attached hydrogen (secondary N) is 1. The second-order valence-corrected chi connectivity index (χ2v) is 11.7. The average molecular weight is 624 g/mol. The number of aliphatic hydroxyl groups excluding tert-OH is 7. The summed E-state index contributed by atoms with van der Waals surface area (Å²) >= 11 is 0. The van der Waals surface area contributed by atoms with Gasteiger partial charge >= 0.3 is 0 Å². The van der Waals surface area contributed by atoms with E-state index in [2.05, 4.69) is 12.2 Å². The monoisotopic (exact) mass is 623 g/mol. The van der Waals surface area contributed by atoms with Crippen molar-refractivity contribution in [3.8, 4) is 0 Å². The van der Waals surface area contributed by atoms with Crippen molar-refractivity contribution in [2.45, 2.75) is 158 Å². The Hall–Kier alpha value is -0.970. The molecule has 0 bridgehead atoms. The van der Waals surface area contributed by atoms with Crippen molar-refractivity contribution in [1.29, 1.82) is 0 Å². The highest BCUT2D eigenvalue weighted by molar-refractivity contribution is 5.75. The maximum absolute atomic E-state index is 12.1. The first-order valence-corrected chi connectivity index (χ1v) is 16.2. The fourth-order valence-electron chi connectivity index (χ4n) is 5.45. The zero-order chi connectivity index (χ0) is 31.6. The Balaban J connectivity index is 1.58. The van der Waals surface area contributed by atoms with E-state index in [-0.39, 0.29) is 19.1 Å². The molecule has 2 heterocycles. The molecule has 0 unspecified atom stereocenters. The number of unbranched alkanes of at least 4 members (excludes halogenated alkanes) is 12. The van der Waals surface area contributed by atoms with Gasteiger partial charge in [-0.25, -0.2) is 0 Å². The number of hydrogen-bond donors (Lipinski definition) is 8. The Morgan fingerprint density at radius 1 is 0.651 bits per heavy atom. The normalized spacial score (nSPS) is 33.0. The van der Waals surface area contributed by atoms with Gasteiger partial charge in [0.1, 0.15) is 48.8 Å². The molecule has 0 radical (unpaired) electrons. The first-order valence-electron chi connectivity index (χ1n) is 16.2. The van der Waals surface area contributed by atoms with Crippen LogP contribution in [0.15, 0.2) is 0 Å². The minimum Gasteiger partial charge on any atom is -0.394 e. The Kier molecular flexibility index (Phi) is 19.3. The van der Waals surface area contributed by atoms with E-state index in [9.17, 15) is 40.5 Å². The summed E-state index contributed by atoms with van der Waals surface area (Å²) in [6, 6.07) is 0. The van der Waals surface area contributed by atoms with E-state index in [1.165, 1.54) is 64.2 Å². The first-order chi connectivity index (χ1) is 20.7. The number of carbonyl (C=O) groups is 1. The minimum absolute atomic E-state index is 0.0187. The molecule has 8 N–H and O–H groups in total. The smallest absolute Gasteiger partial charge is 0.220 e. The predicted octanol–water partition coefficient (Wildman–Crippen LogP) is 0.225. The molecule has 2 rings (SSSR count). The number of amides is 1. The van der Waals surface area contributed by atoms with Crippen LogP contribution in [0.2, 0.25) is 0 Å². The summed E-state index contributed by atoms with van der Waals surface area (Å²) in [5, 5.41) is 73.2. The van der Waals surface area contributed by atoms with E-state index in [0.717, 1.165) is 19.3 Å². The van der Waals surface area contributed by atoms with E-state index in [1.54, 1.807) is 0 Å². The van der Waals surface area contributed by atoms with Gasteiger partial charge in [0.15, 0.2) is 12.6 Å². The van der Waals surface area contributed by atoms with Crippen LogP contribution >= 0.6 is 0 Å². The maximum atomic E-state index is 12.1. The van der Waals surface area contributed by atoms with Crippen molar-refractivity contribution in [3.05, 3.63) is 0 Å². The fourth-order valence-corrected chi connectivity index (χ4v) is 5.45. The molecule has 2 fully saturated rings. The van der Waals surface area contributed by atoms with Gasteiger partial charge in [-0.3, -0.25) is 4.79 Å². The molecular weight excluding hydrogens is 566 g/mol. The number of aliphatic hydroxyl groups is 7. The molecule has 0 aromatic rings. The average Bonchev–Trinajstić information content (AvgIpc) is 3.00. The highest BCUT2D eigenvalue weighted by Gasteiger charge is 2.50. The molecule has 0 saturated carbocycles.